The van der Waals surface area contributed by atoms with Crippen molar-refractivity contribution in [2.75, 3.05) is 38.7 Å². The molecule has 0 N–H and O–H groups in total. The lowest BCUT2D eigenvalue weighted by Crippen LogP contribution is -2.46. The summed E-state index contributed by atoms with van der Waals surface area (Å²) in [7, 11) is 0. The van der Waals surface area contributed by atoms with E-state index in [4.69, 9.17) is 21.1 Å². The van der Waals surface area contributed by atoms with Gasteiger partial charge in [0.2, 0.25) is 0 Å². The number of alkyl halides is 1. The van der Waals surface area contributed by atoms with E-state index in [0.717, 1.165) is 26.2 Å². The van der Waals surface area contributed by atoms with Gasteiger partial charge in [-0.25, -0.2) is 0 Å². The van der Waals surface area contributed by atoms with Crippen LogP contribution >= 0.6 is 11.6 Å². The van der Waals surface area contributed by atoms with E-state index >= 15 is 0 Å². The van der Waals surface area contributed by atoms with Gasteiger partial charge >= 0.3 is 0 Å². The van der Waals surface area contributed by atoms with Crippen LogP contribution in [0.2, 0.25) is 0 Å². The maximum absolute atomic E-state index is 5.64. The number of rotatable bonds is 5. The van der Waals surface area contributed by atoms with Crippen molar-refractivity contribution in [3.05, 3.63) is 0 Å². The molecule has 0 aromatic carbocycles. The monoisotopic (exact) mass is 221 g/mol. The van der Waals surface area contributed by atoms with Gasteiger partial charge in [-0.05, 0) is 13.8 Å². The number of morpholine rings is 1. The molecule has 0 amide bonds. The third-order valence-corrected chi connectivity index (χ3v) is 2.42. The molecular weight excluding hydrogens is 202 g/mol. The SMILES string of the molecule is C[C@@H]1CN(CCOCCCl)C[C@H](C)O1. The van der Waals surface area contributed by atoms with E-state index in [0.29, 0.717) is 24.7 Å². The van der Waals surface area contributed by atoms with Crippen LogP contribution in [-0.2, 0) is 9.47 Å². The van der Waals surface area contributed by atoms with E-state index in [1.165, 1.54) is 0 Å². The van der Waals surface area contributed by atoms with Crippen LogP contribution in [0.15, 0.2) is 0 Å². The molecule has 0 aromatic heterocycles. The number of hydrogen-bond donors (Lipinski definition) is 0. The molecule has 0 unspecified atom stereocenters. The molecule has 0 spiro atoms. The minimum atomic E-state index is 0.340. The predicted octanol–water partition coefficient (Wildman–Crippen LogP) is 1.35. The minimum absolute atomic E-state index is 0.340. The van der Waals surface area contributed by atoms with Gasteiger partial charge in [0.1, 0.15) is 0 Å². The summed E-state index contributed by atoms with van der Waals surface area (Å²) in [5.41, 5.74) is 0. The molecule has 1 aliphatic rings. The molecule has 1 rings (SSSR count). The van der Waals surface area contributed by atoms with Crippen molar-refractivity contribution in [3.63, 3.8) is 0 Å². The van der Waals surface area contributed by atoms with E-state index in [1.807, 2.05) is 0 Å². The summed E-state index contributed by atoms with van der Waals surface area (Å²) in [5.74, 6) is 0.579. The molecule has 0 aliphatic carbocycles. The fraction of sp³-hybridized carbons (Fsp3) is 1.00. The Bertz CT molecular complexity index is 147. The van der Waals surface area contributed by atoms with Crippen LogP contribution in [0.1, 0.15) is 13.8 Å². The smallest absolute Gasteiger partial charge is 0.0678 e. The number of ether oxygens (including phenoxy) is 2. The third kappa shape index (κ3) is 4.60. The highest BCUT2D eigenvalue weighted by molar-refractivity contribution is 6.17. The van der Waals surface area contributed by atoms with Crippen molar-refractivity contribution in [1.82, 2.24) is 4.90 Å². The molecule has 0 saturated carbocycles. The molecule has 1 aliphatic heterocycles. The van der Waals surface area contributed by atoms with Crippen molar-refractivity contribution in [2.24, 2.45) is 0 Å². The summed E-state index contributed by atoms with van der Waals surface area (Å²) in [6, 6.07) is 0. The van der Waals surface area contributed by atoms with Gasteiger partial charge in [0, 0.05) is 25.5 Å². The van der Waals surface area contributed by atoms with Crippen LogP contribution in [0.3, 0.4) is 0 Å². The second kappa shape index (κ2) is 6.62. The van der Waals surface area contributed by atoms with E-state index < -0.39 is 0 Å². The van der Waals surface area contributed by atoms with Crippen molar-refractivity contribution in [1.29, 1.82) is 0 Å². The first-order valence-corrected chi connectivity index (χ1v) is 5.77. The van der Waals surface area contributed by atoms with Crippen molar-refractivity contribution < 1.29 is 9.47 Å². The fourth-order valence-electron chi connectivity index (χ4n) is 1.82. The molecule has 0 bridgehead atoms. The van der Waals surface area contributed by atoms with Gasteiger partial charge in [-0.1, -0.05) is 0 Å². The van der Waals surface area contributed by atoms with E-state index in [2.05, 4.69) is 18.7 Å². The van der Waals surface area contributed by atoms with Crippen LogP contribution in [0.5, 0.6) is 0 Å². The van der Waals surface area contributed by atoms with Crippen LogP contribution in [0.25, 0.3) is 0 Å². The zero-order valence-corrected chi connectivity index (χ0v) is 9.79. The predicted molar refractivity (Wildman–Crippen MR) is 58.0 cm³/mol. The topological polar surface area (TPSA) is 21.7 Å². The number of halogens is 1. The Balaban J connectivity index is 2.10. The largest absolute Gasteiger partial charge is 0.379 e. The second-order valence-corrected chi connectivity index (χ2v) is 4.20. The standard InChI is InChI=1S/C10H20ClNO2/c1-9-7-12(8-10(2)14-9)4-6-13-5-3-11/h9-10H,3-8H2,1-2H3/t9-,10+. The lowest BCUT2D eigenvalue weighted by Gasteiger charge is -2.35. The fourth-order valence-corrected chi connectivity index (χ4v) is 1.93. The Morgan fingerprint density at radius 3 is 2.50 bits per heavy atom. The van der Waals surface area contributed by atoms with Gasteiger partial charge in [0.15, 0.2) is 0 Å². The van der Waals surface area contributed by atoms with Gasteiger partial charge in [0.05, 0.1) is 25.4 Å². The quantitative estimate of drug-likeness (QED) is 0.517. The first-order valence-electron chi connectivity index (χ1n) is 5.24. The molecule has 1 fully saturated rings. The third-order valence-electron chi connectivity index (χ3n) is 2.27. The Labute approximate surface area is 91.3 Å². The van der Waals surface area contributed by atoms with Gasteiger partial charge in [0.25, 0.3) is 0 Å². The summed E-state index contributed by atoms with van der Waals surface area (Å²) in [6.07, 6.45) is 0.679. The number of nitrogens with zero attached hydrogens (tertiary/aromatic N) is 1. The normalized spacial score (nSPS) is 29.4. The Hall–Kier alpha value is 0.170. The van der Waals surface area contributed by atoms with Gasteiger partial charge in [-0.15, -0.1) is 11.6 Å². The van der Waals surface area contributed by atoms with Crippen molar-refractivity contribution in [3.8, 4) is 0 Å². The summed E-state index contributed by atoms with van der Waals surface area (Å²) >= 11 is 5.51. The molecule has 3 nitrogen and oxygen atoms in total. The minimum Gasteiger partial charge on any atom is -0.379 e. The van der Waals surface area contributed by atoms with Crippen molar-refractivity contribution >= 4 is 11.6 Å². The lowest BCUT2D eigenvalue weighted by atomic mass is 10.2. The first kappa shape index (κ1) is 12.2. The van der Waals surface area contributed by atoms with Gasteiger partial charge in [-0.3, -0.25) is 4.90 Å². The Morgan fingerprint density at radius 2 is 1.93 bits per heavy atom. The average molecular weight is 222 g/mol. The molecule has 1 saturated heterocycles. The maximum atomic E-state index is 5.64. The molecule has 0 radical (unpaired) electrons. The maximum Gasteiger partial charge on any atom is 0.0678 e. The molecule has 2 atom stereocenters. The van der Waals surface area contributed by atoms with E-state index in [-0.39, 0.29) is 0 Å². The Kier molecular flexibility index (Phi) is 5.78. The summed E-state index contributed by atoms with van der Waals surface area (Å²) < 4.78 is 11.0. The Morgan fingerprint density at radius 1 is 1.29 bits per heavy atom. The highest BCUT2D eigenvalue weighted by atomic mass is 35.5. The van der Waals surface area contributed by atoms with E-state index in [9.17, 15) is 0 Å². The molecule has 14 heavy (non-hydrogen) atoms. The molecule has 4 heteroatoms. The first-order chi connectivity index (χ1) is 6.72. The summed E-state index contributed by atoms with van der Waals surface area (Å²) in [5, 5.41) is 0. The lowest BCUT2D eigenvalue weighted by molar-refractivity contribution is -0.0726. The molecule has 0 aromatic rings. The summed E-state index contributed by atoms with van der Waals surface area (Å²) in [6.45, 7) is 8.64. The van der Waals surface area contributed by atoms with Crippen LogP contribution in [0, 0.1) is 0 Å². The molecular formula is C10H20ClNO2. The zero-order valence-electron chi connectivity index (χ0n) is 9.04. The van der Waals surface area contributed by atoms with Gasteiger partial charge in [-0.2, -0.15) is 0 Å². The highest BCUT2D eigenvalue weighted by Gasteiger charge is 2.21. The highest BCUT2D eigenvalue weighted by Crippen LogP contribution is 2.09. The van der Waals surface area contributed by atoms with E-state index in [1.54, 1.807) is 0 Å². The van der Waals surface area contributed by atoms with Crippen LogP contribution in [0.4, 0.5) is 0 Å². The van der Waals surface area contributed by atoms with Crippen LogP contribution in [-0.4, -0.2) is 55.8 Å². The van der Waals surface area contributed by atoms with Gasteiger partial charge < -0.3 is 9.47 Å². The number of hydrogen-bond acceptors (Lipinski definition) is 3. The van der Waals surface area contributed by atoms with Crippen LogP contribution < -0.4 is 0 Å². The second-order valence-electron chi connectivity index (χ2n) is 3.82. The summed E-state index contributed by atoms with van der Waals surface area (Å²) in [4.78, 5) is 2.38. The molecule has 84 valence electrons. The van der Waals surface area contributed by atoms with Crippen molar-refractivity contribution in [2.45, 2.75) is 26.1 Å². The molecule has 1 heterocycles. The average Bonchev–Trinajstić information content (AvgIpc) is 2.11. The zero-order chi connectivity index (χ0) is 10.4.